The molecule has 3 heteroatoms. The molecule has 0 amide bonds. The Morgan fingerprint density at radius 3 is 2.50 bits per heavy atom. The molecule has 1 unspecified atom stereocenters. The van der Waals surface area contributed by atoms with Crippen LogP contribution >= 0.6 is 0 Å². The lowest BCUT2D eigenvalue weighted by atomic mass is 9.92. The molecule has 0 saturated carbocycles. The van der Waals surface area contributed by atoms with Crippen molar-refractivity contribution in [1.29, 1.82) is 0 Å². The van der Waals surface area contributed by atoms with Gasteiger partial charge in [-0.05, 0) is 36.8 Å². The number of aryl methyl sites for hydroxylation is 1. The monoisotopic (exact) mass is 276 g/mol. The summed E-state index contributed by atoms with van der Waals surface area (Å²) in [4.78, 5) is 22.2. The molecule has 1 atom stereocenters. The minimum atomic E-state index is -0.264. The van der Waals surface area contributed by atoms with Gasteiger partial charge in [0.25, 0.3) is 0 Å². The first kappa shape index (κ1) is 16.4. The van der Waals surface area contributed by atoms with E-state index in [4.69, 9.17) is 4.74 Å². The van der Waals surface area contributed by atoms with E-state index >= 15 is 0 Å². The maximum atomic E-state index is 11.9. The zero-order valence-corrected chi connectivity index (χ0v) is 12.4. The zero-order valence-electron chi connectivity index (χ0n) is 12.4. The lowest BCUT2D eigenvalue weighted by Crippen LogP contribution is -2.14. The highest BCUT2D eigenvalue weighted by molar-refractivity contribution is 5.78. The third-order valence-corrected chi connectivity index (χ3v) is 3.50. The van der Waals surface area contributed by atoms with Crippen LogP contribution in [0.25, 0.3) is 0 Å². The fraction of sp³-hybridized carbons (Fsp3) is 0.529. The lowest BCUT2D eigenvalue weighted by Gasteiger charge is -2.15. The number of carbonyl (C=O) groups is 2. The number of aldehydes is 1. The Hall–Kier alpha value is -1.64. The van der Waals surface area contributed by atoms with Crippen LogP contribution in [0.1, 0.15) is 56.1 Å². The third kappa shape index (κ3) is 5.16. The van der Waals surface area contributed by atoms with E-state index in [0.29, 0.717) is 19.3 Å². The van der Waals surface area contributed by atoms with Gasteiger partial charge in [0.2, 0.25) is 0 Å². The summed E-state index contributed by atoms with van der Waals surface area (Å²) in [6, 6.07) is 8.18. The van der Waals surface area contributed by atoms with Crippen LogP contribution in [-0.4, -0.2) is 19.4 Å². The maximum absolute atomic E-state index is 11.9. The summed E-state index contributed by atoms with van der Waals surface area (Å²) in [6.07, 6.45) is 6.17. The molecule has 110 valence electrons. The predicted octanol–water partition coefficient (Wildman–Crippen LogP) is 3.66. The van der Waals surface area contributed by atoms with E-state index < -0.39 is 0 Å². The topological polar surface area (TPSA) is 43.4 Å². The summed E-state index contributed by atoms with van der Waals surface area (Å²) < 4.78 is 4.87. The molecule has 0 aliphatic heterocycles. The van der Waals surface area contributed by atoms with Crippen LogP contribution < -0.4 is 0 Å². The molecule has 0 aliphatic rings. The van der Waals surface area contributed by atoms with E-state index in [1.165, 1.54) is 25.5 Å². The number of benzene rings is 1. The van der Waals surface area contributed by atoms with Gasteiger partial charge < -0.3 is 9.53 Å². The van der Waals surface area contributed by atoms with Crippen molar-refractivity contribution in [2.45, 2.75) is 51.4 Å². The minimum absolute atomic E-state index is 0.225. The van der Waals surface area contributed by atoms with Gasteiger partial charge in [-0.1, -0.05) is 37.6 Å². The van der Waals surface area contributed by atoms with Crippen molar-refractivity contribution >= 4 is 12.3 Å². The van der Waals surface area contributed by atoms with Crippen LogP contribution in [0.2, 0.25) is 0 Å². The molecule has 1 rings (SSSR count). The van der Waals surface area contributed by atoms with Crippen molar-refractivity contribution in [1.82, 2.24) is 0 Å². The minimum Gasteiger partial charge on any atom is -0.469 e. The molecule has 3 nitrogen and oxygen atoms in total. The largest absolute Gasteiger partial charge is 0.469 e. The molecular weight excluding hydrogens is 252 g/mol. The molecule has 0 bridgehead atoms. The van der Waals surface area contributed by atoms with E-state index in [1.54, 1.807) is 0 Å². The molecule has 0 N–H and O–H groups in total. The van der Waals surface area contributed by atoms with Gasteiger partial charge in [0.15, 0.2) is 0 Å². The fourth-order valence-corrected chi connectivity index (χ4v) is 2.27. The maximum Gasteiger partial charge on any atom is 0.313 e. The summed E-state index contributed by atoms with van der Waals surface area (Å²) in [7, 11) is 1.41. The molecule has 1 aromatic rings. The number of ether oxygens (including phenoxy) is 1. The second-order valence-corrected chi connectivity index (χ2v) is 5.02. The molecule has 0 fully saturated rings. The Labute approximate surface area is 121 Å². The molecule has 20 heavy (non-hydrogen) atoms. The molecular formula is C17H24O3. The Bertz CT molecular complexity index is 409. The van der Waals surface area contributed by atoms with Gasteiger partial charge in [-0.3, -0.25) is 4.79 Å². The average molecular weight is 276 g/mol. The second-order valence-electron chi connectivity index (χ2n) is 5.02. The van der Waals surface area contributed by atoms with Crippen molar-refractivity contribution in [3.63, 3.8) is 0 Å². The van der Waals surface area contributed by atoms with Crippen molar-refractivity contribution in [2.24, 2.45) is 0 Å². The average Bonchev–Trinajstić information content (AvgIpc) is 2.49. The second kappa shape index (κ2) is 9.29. The van der Waals surface area contributed by atoms with E-state index in [2.05, 4.69) is 19.1 Å². The predicted molar refractivity (Wildman–Crippen MR) is 79.7 cm³/mol. The normalized spacial score (nSPS) is 11.9. The molecule has 0 saturated heterocycles. The van der Waals surface area contributed by atoms with E-state index in [9.17, 15) is 9.59 Å². The molecule has 0 radical (unpaired) electrons. The van der Waals surface area contributed by atoms with Crippen molar-refractivity contribution in [2.75, 3.05) is 7.11 Å². The summed E-state index contributed by atoms with van der Waals surface area (Å²) in [6.45, 7) is 2.18. The fourth-order valence-electron chi connectivity index (χ4n) is 2.27. The summed E-state index contributed by atoms with van der Waals surface area (Å²) >= 11 is 0. The Balaban J connectivity index is 2.73. The Kier molecular flexibility index (Phi) is 7.63. The number of esters is 1. The van der Waals surface area contributed by atoms with Gasteiger partial charge in [0, 0.05) is 6.42 Å². The summed E-state index contributed by atoms with van der Waals surface area (Å²) in [5, 5.41) is 0. The van der Waals surface area contributed by atoms with Crippen molar-refractivity contribution in [3.8, 4) is 0 Å². The standard InChI is InChI=1S/C17H24O3/c1-3-4-7-14-9-11-15(12-10-14)16(17(19)20-2)8-5-6-13-18/h9-13,16H,3-8H2,1-2H3. The van der Waals surface area contributed by atoms with Crippen molar-refractivity contribution < 1.29 is 14.3 Å². The number of hydrogen-bond acceptors (Lipinski definition) is 3. The van der Waals surface area contributed by atoms with Crippen LogP contribution in [0, 0.1) is 0 Å². The highest BCUT2D eigenvalue weighted by atomic mass is 16.5. The van der Waals surface area contributed by atoms with E-state index in [0.717, 1.165) is 18.3 Å². The highest BCUT2D eigenvalue weighted by Crippen LogP contribution is 2.24. The number of rotatable bonds is 9. The first-order valence-electron chi connectivity index (χ1n) is 7.33. The number of hydrogen-bond donors (Lipinski definition) is 0. The van der Waals surface area contributed by atoms with E-state index in [1.807, 2.05) is 12.1 Å². The number of methoxy groups -OCH3 is 1. The Morgan fingerprint density at radius 2 is 1.95 bits per heavy atom. The third-order valence-electron chi connectivity index (χ3n) is 3.50. The van der Waals surface area contributed by atoms with E-state index in [-0.39, 0.29) is 11.9 Å². The number of unbranched alkanes of at least 4 members (excludes halogenated alkanes) is 2. The van der Waals surface area contributed by atoms with Crippen molar-refractivity contribution in [3.05, 3.63) is 35.4 Å². The van der Waals surface area contributed by atoms with Gasteiger partial charge in [-0.15, -0.1) is 0 Å². The van der Waals surface area contributed by atoms with Gasteiger partial charge in [-0.25, -0.2) is 0 Å². The van der Waals surface area contributed by atoms with Crippen LogP contribution in [0.3, 0.4) is 0 Å². The van der Waals surface area contributed by atoms with Gasteiger partial charge in [0.1, 0.15) is 6.29 Å². The van der Waals surface area contributed by atoms with Crippen LogP contribution in [0.4, 0.5) is 0 Å². The molecule has 0 aromatic heterocycles. The molecule has 0 aliphatic carbocycles. The molecule has 0 spiro atoms. The summed E-state index contributed by atoms with van der Waals surface area (Å²) in [5.74, 6) is -0.489. The van der Waals surface area contributed by atoms with Crippen LogP contribution in [-0.2, 0) is 20.7 Å². The molecule has 0 heterocycles. The zero-order chi connectivity index (χ0) is 14.8. The van der Waals surface area contributed by atoms with Crippen LogP contribution in [0.15, 0.2) is 24.3 Å². The first-order chi connectivity index (χ1) is 9.72. The number of carbonyl (C=O) groups excluding carboxylic acids is 2. The molecule has 1 aromatic carbocycles. The summed E-state index contributed by atoms with van der Waals surface area (Å²) in [5.41, 5.74) is 2.27. The van der Waals surface area contributed by atoms with Gasteiger partial charge in [-0.2, -0.15) is 0 Å². The first-order valence-corrected chi connectivity index (χ1v) is 7.33. The highest BCUT2D eigenvalue weighted by Gasteiger charge is 2.20. The smallest absolute Gasteiger partial charge is 0.313 e. The van der Waals surface area contributed by atoms with Gasteiger partial charge >= 0.3 is 5.97 Å². The van der Waals surface area contributed by atoms with Gasteiger partial charge in [0.05, 0.1) is 13.0 Å². The SMILES string of the molecule is CCCCc1ccc(C(CCCC=O)C(=O)OC)cc1. The quantitative estimate of drug-likeness (QED) is 0.393. The lowest BCUT2D eigenvalue weighted by molar-refractivity contribution is -0.142. The van der Waals surface area contributed by atoms with Crippen LogP contribution in [0.5, 0.6) is 0 Å². The Morgan fingerprint density at radius 1 is 1.25 bits per heavy atom.